The van der Waals surface area contributed by atoms with E-state index in [1.165, 1.54) is 10.4 Å². The number of amides is 1. The van der Waals surface area contributed by atoms with Crippen LogP contribution in [0.2, 0.25) is 0 Å². The van der Waals surface area contributed by atoms with E-state index in [1.54, 1.807) is 18.2 Å². The maximum atomic E-state index is 13.4. The number of nitrogens with zero attached hydrogens (tertiary/aromatic N) is 4. The van der Waals surface area contributed by atoms with E-state index in [-0.39, 0.29) is 16.6 Å². The predicted octanol–water partition coefficient (Wildman–Crippen LogP) is 3.90. The van der Waals surface area contributed by atoms with Gasteiger partial charge in [-0.15, -0.1) is 0 Å². The van der Waals surface area contributed by atoms with Gasteiger partial charge in [0.1, 0.15) is 22.0 Å². The molecule has 2 aromatic heterocycles. The van der Waals surface area contributed by atoms with E-state index < -0.39 is 10.0 Å². The number of carbonyl (C=O) groups is 1. The molecule has 0 bridgehead atoms. The summed E-state index contributed by atoms with van der Waals surface area (Å²) in [4.78, 5) is 22.9. The quantitative estimate of drug-likeness (QED) is 0.554. The number of aryl methyl sites for hydroxylation is 3. The van der Waals surface area contributed by atoms with Gasteiger partial charge in [0.05, 0.1) is 12.2 Å². The average Bonchev–Trinajstić information content (AvgIpc) is 3.43. The Bertz CT molecular complexity index is 1380. The van der Waals surface area contributed by atoms with Crippen LogP contribution in [0.25, 0.3) is 11.2 Å². The number of rotatable bonds is 6. The first-order valence-electron chi connectivity index (χ1n) is 12.3. The molecule has 5 rings (SSSR count). The van der Waals surface area contributed by atoms with E-state index >= 15 is 0 Å². The Labute approximate surface area is 205 Å². The molecule has 1 saturated heterocycles. The van der Waals surface area contributed by atoms with Crippen molar-refractivity contribution in [3.05, 3.63) is 41.3 Å². The van der Waals surface area contributed by atoms with Crippen LogP contribution in [0.5, 0.6) is 5.75 Å². The SMILES string of the molecule is CCOc1ccc(NC(=O)c2cc(C)nc3c2nc2n3CCCCC2)cc1S(=O)(=O)N1CCCC1. The van der Waals surface area contributed by atoms with E-state index in [0.717, 1.165) is 62.2 Å². The van der Waals surface area contributed by atoms with Crippen molar-refractivity contribution < 1.29 is 17.9 Å². The summed E-state index contributed by atoms with van der Waals surface area (Å²) in [6.07, 6.45) is 5.84. The van der Waals surface area contributed by atoms with Crippen molar-refractivity contribution in [3.63, 3.8) is 0 Å². The lowest BCUT2D eigenvalue weighted by Gasteiger charge is -2.19. The van der Waals surface area contributed by atoms with Gasteiger partial charge >= 0.3 is 0 Å². The van der Waals surface area contributed by atoms with Gasteiger partial charge < -0.3 is 14.6 Å². The second kappa shape index (κ2) is 9.58. The van der Waals surface area contributed by atoms with Crippen LogP contribution in [0.3, 0.4) is 0 Å². The molecule has 1 N–H and O–H groups in total. The highest BCUT2D eigenvalue weighted by atomic mass is 32.2. The Morgan fingerprint density at radius 2 is 1.83 bits per heavy atom. The molecule has 3 aromatic rings. The first kappa shape index (κ1) is 23.7. The molecule has 1 aromatic carbocycles. The van der Waals surface area contributed by atoms with Crippen LogP contribution < -0.4 is 10.1 Å². The molecule has 10 heteroatoms. The van der Waals surface area contributed by atoms with Gasteiger partial charge in [-0.25, -0.2) is 18.4 Å². The van der Waals surface area contributed by atoms with Crippen LogP contribution in [0.4, 0.5) is 5.69 Å². The van der Waals surface area contributed by atoms with Crippen molar-refractivity contribution in [2.24, 2.45) is 0 Å². The smallest absolute Gasteiger partial charge is 0.258 e. The zero-order valence-electron chi connectivity index (χ0n) is 20.2. The van der Waals surface area contributed by atoms with Crippen LogP contribution in [-0.2, 0) is 23.0 Å². The van der Waals surface area contributed by atoms with Gasteiger partial charge in [-0.05, 0) is 63.8 Å². The fraction of sp³-hybridized carbons (Fsp3) is 0.480. The molecule has 4 heterocycles. The molecule has 9 nitrogen and oxygen atoms in total. The maximum absolute atomic E-state index is 13.4. The van der Waals surface area contributed by atoms with Crippen LogP contribution >= 0.6 is 0 Å². The second-order valence-electron chi connectivity index (χ2n) is 9.13. The summed E-state index contributed by atoms with van der Waals surface area (Å²) in [5, 5.41) is 2.89. The topological polar surface area (TPSA) is 106 Å². The Morgan fingerprint density at radius 1 is 1.06 bits per heavy atom. The summed E-state index contributed by atoms with van der Waals surface area (Å²) in [6, 6.07) is 6.50. The number of sulfonamides is 1. The van der Waals surface area contributed by atoms with Crippen molar-refractivity contribution in [1.82, 2.24) is 18.8 Å². The minimum Gasteiger partial charge on any atom is -0.492 e. The molecular weight excluding hydrogens is 466 g/mol. The lowest BCUT2D eigenvalue weighted by molar-refractivity contribution is 0.102. The zero-order valence-corrected chi connectivity index (χ0v) is 21.0. The summed E-state index contributed by atoms with van der Waals surface area (Å²) < 4.78 is 35.8. The number of aromatic nitrogens is 3. The highest BCUT2D eigenvalue weighted by Gasteiger charge is 2.30. The van der Waals surface area contributed by atoms with E-state index in [0.29, 0.717) is 36.5 Å². The molecule has 0 unspecified atom stereocenters. The normalized spacial score (nSPS) is 16.7. The van der Waals surface area contributed by atoms with Crippen molar-refractivity contribution in [2.75, 3.05) is 25.0 Å². The van der Waals surface area contributed by atoms with Crippen molar-refractivity contribution in [3.8, 4) is 5.75 Å². The third kappa shape index (κ3) is 4.52. The lowest BCUT2D eigenvalue weighted by atomic mass is 10.1. The third-order valence-corrected chi connectivity index (χ3v) is 8.54. The summed E-state index contributed by atoms with van der Waals surface area (Å²) in [5.41, 5.74) is 2.88. The molecule has 2 aliphatic heterocycles. The number of fused-ring (bicyclic) bond motifs is 3. The third-order valence-electron chi connectivity index (χ3n) is 6.62. The standard InChI is InChI=1S/C25H31N5O4S/c1-3-34-20-11-10-18(16-21(20)35(32,33)29-12-7-8-13-29)27-25(31)19-15-17(2)26-24-23(19)28-22-9-5-4-6-14-30(22)24/h10-11,15-16H,3-9,12-14H2,1-2H3,(H,27,31). The van der Waals surface area contributed by atoms with Crippen molar-refractivity contribution in [1.29, 1.82) is 0 Å². The number of pyridine rings is 1. The van der Waals surface area contributed by atoms with Gasteiger partial charge in [0.15, 0.2) is 5.65 Å². The molecule has 35 heavy (non-hydrogen) atoms. The van der Waals surface area contributed by atoms with E-state index in [9.17, 15) is 13.2 Å². The predicted molar refractivity (Wildman–Crippen MR) is 133 cm³/mol. The monoisotopic (exact) mass is 497 g/mol. The fourth-order valence-corrected chi connectivity index (χ4v) is 6.59. The average molecular weight is 498 g/mol. The molecule has 0 radical (unpaired) electrons. The first-order valence-corrected chi connectivity index (χ1v) is 13.8. The molecular formula is C25H31N5O4S. The summed E-state index contributed by atoms with van der Waals surface area (Å²) >= 11 is 0. The largest absolute Gasteiger partial charge is 0.492 e. The van der Waals surface area contributed by atoms with Gasteiger partial charge in [-0.1, -0.05) is 6.42 Å². The highest BCUT2D eigenvalue weighted by Crippen LogP contribution is 2.32. The number of anilines is 1. The van der Waals surface area contributed by atoms with E-state index in [1.807, 2.05) is 13.8 Å². The number of imidazole rings is 1. The molecule has 2 aliphatic rings. The number of hydrogen-bond donors (Lipinski definition) is 1. The molecule has 1 fully saturated rings. The zero-order chi connectivity index (χ0) is 24.6. The molecule has 0 saturated carbocycles. The lowest BCUT2D eigenvalue weighted by Crippen LogP contribution is -2.28. The van der Waals surface area contributed by atoms with Gasteiger partial charge in [0, 0.05) is 37.4 Å². The summed E-state index contributed by atoms with van der Waals surface area (Å²) in [6.45, 7) is 5.84. The van der Waals surface area contributed by atoms with Crippen LogP contribution in [-0.4, -0.2) is 52.9 Å². The van der Waals surface area contributed by atoms with Crippen LogP contribution in [0.15, 0.2) is 29.2 Å². The Balaban J connectivity index is 1.50. The highest BCUT2D eigenvalue weighted by molar-refractivity contribution is 7.89. The molecule has 0 aliphatic carbocycles. The fourth-order valence-electron chi connectivity index (χ4n) is 4.92. The molecule has 0 atom stereocenters. The van der Waals surface area contributed by atoms with Gasteiger partial charge in [-0.2, -0.15) is 4.31 Å². The summed E-state index contributed by atoms with van der Waals surface area (Å²) in [5.74, 6) is 0.907. The minimum absolute atomic E-state index is 0.0730. The molecule has 1 amide bonds. The minimum atomic E-state index is -3.73. The Morgan fingerprint density at radius 3 is 2.60 bits per heavy atom. The number of ether oxygens (including phenoxy) is 1. The molecule has 0 spiro atoms. The maximum Gasteiger partial charge on any atom is 0.258 e. The van der Waals surface area contributed by atoms with E-state index in [2.05, 4.69) is 14.9 Å². The first-order chi connectivity index (χ1) is 16.9. The van der Waals surface area contributed by atoms with Gasteiger partial charge in [0.2, 0.25) is 10.0 Å². The Hall–Kier alpha value is -2.98. The van der Waals surface area contributed by atoms with Crippen molar-refractivity contribution >= 4 is 32.8 Å². The number of carbonyl (C=O) groups excluding carboxylic acids is 1. The molecule has 186 valence electrons. The van der Waals surface area contributed by atoms with Crippen LogP contribution in [0, 0.1) is 6.92 Å². The van der Waals surface area contributed by atoms with Gasteiger partial charge in [0.25, 0.3) is 5.91 Å². The number of nitrogens with one attached hydrogen (secondary N) is 1. The van der Waals surface area contributed by atoms with Crippen molar-refractivity contribution in [2.45, 2.75) is 63.8 Å². The number of hydrogen-bond acceptors (Lipinski definition) is 6. The Kier molecular flexibility index (Phi) is 6.50. The number of benzene rings is 1. The van der Waals surface area contributed by atoms with Crippen LogP contribution in [0.1, 0.15) is 60.9 Å². The van der Waals surface area contributed by atoms with Gasteiger partial charge in [-0.3, -0.25) is 4.79 Å². The summed E-state index contributed by atoms with van der Waals surface area (Å²) in [7, 11) is -3.73. The van der Waals surface area contributed by atoms with E-state index in [4.69, 9.17) is 9.72 Å². The second-order valence-corrected chi connectivity index (χ2v) is 11.0.